The summed E-state index contributed by atoms with van der Waals surface area (Å²) >= 11 is 0. The quantitative estimate of drug-likeness (QED) is 0.288. The predicted molar refractivity (Wildman–Crippen MR) is 57.7 cm³/mol. The van der Waals surface area contributed by atoms with Crippen molar-refractivity contribution in [3.05, 3.63) is 24.0 Å². The van der Waals surface area contributed by atoms with Crippen molar-refractivity contribution < 1.29 is 15.1 Å². The highest BCUT2D eigenvalue weighted by atomic mass is 16.4. The largest absolute Gasteiger partial charge is 0.480 e. The number of pyridine rings is 1. The zero-order chi connectivity index (χ0) is 12.4. The maximum absolute atomic E-state index is 10.7. The van der Waals surface area contributed by atoms with Gasteiger partial charge in [-0.2, -0.15) is 5.10 Å². The van der Waals surface area contributed by atoms with Gasteiger partial charge in [0, 0.05) is 6.20 Å². The summed E-state index contributed by atoms with van der Waals surface area (Å²) in [6.07, 6.45) is 1.51. The summed E-state index contributed by atoms with van der Waals surface area (Å²) in [7, 11) is 0. The van der Waals surface area contributed by atoms with Gasteiger partial charge in [-0.05, 0) is 12.1 Å². The van der Waals surface area contributed by atoms with Crippen LogP contribution in [0.4, 0.5) is 0 Å². The van der Waals surface area contributed by atoms with E-state index < -0.39 is 5.97 Å². The van der Waals surface area contributed by atoms with Crippen molar-refractivity contribution in [3.63, 3.8) is 0 Å². The molecule has 0 spiro atoms. The molecule has 0 bridgehead atoms. The molecule has 0 saturated heterocycles. The average molecular weight is 235 g/mol. The number of amidine groups is 1. The molecule has 0 aliphatic rings. The minimum absolute atomic E-state index is 0.188. The lowest BCUT2D eigenvalue weighted by molar-refractivity contribution is -0.137. The highest BCUT2D eigenvalue weighted by molar-refractivity contribution is 6.06. The van der Waals surface area contributed by atoms with Crippen LogP contribution in [0.1, 0.15) is 5.69 Å². The van der Waals surface area contributed by atoms with Crippen molar-refractivity contribution >= 4 is 22.8 Å². The van der Waals surface area contributed by atoms with Gasteiger partial charge in [0.15, 0.2) is 11.5 Å². The Morgan fingerprint density at radius 1 is 1.59 bits per heavy atom. The summed E-state index contributed by atoms with van der Waals surface area (Å²) in [5, 5.41) is 24.7. The third-order valence-corrected chi connectivity index (χ3v) is 2.14. The van der Waals surface area contributed by atoms with Gasteiger partial charge < -0.3 is 16.0 Å². The molecule has 2 rings (SSSR count). The fraction of sp³-hybridized carbons (Fsp3) is 0.111. The first-order chi connectivity index (χ1) is 8.13. The molecule has 0 fully saturated rings. The topological polar surface area (TPSA) is 127 Å². The van der Waals surface area contributed by atoms with E-state index in [1.54, 1.807) is 12.1 Å². The molecule has 0 aliphatic heterocycles. The molecule has 8 nitrogen and oxygen atoms in total. The number of aromatic nitrogens is 3. The second-order valence-electron chi connectivity index (χ2n) is 3.26. The van der Waals surface area contributed by atoms with E-state index in [1.807, 2.05) is 0 Å². The Labute approximate surface area is 95.0 Å². The number of hydrogen-bond donors (Lipinski definition) is 3. The third-order valence-electron chi connectivity index (χ3n) is 2.14. The molecule has 0 atom stereocenters. The van der Waals surface area contributed by atoms with Crippen molar-refractivity contribution in [2.24, 2.45) is 10.9 Å². The van der Waals surface area contributed by atoms with Crippen LogP contribution in [0, 0.1) is 0 Å². The van der Waals surface area contributed by atoms with E-state index in [0.29, 0.717) is 11.0 Å². The molecule has 88 valence electrons. The number of nitrogens with two attached hydrogens (primary N) is 1. The van der Waals surface area contributed by atoms with Crippen LogP contribution in [0.15, 0.2) is 23.5 Å². The highest BCUT2D eigenvalue weighted by Gasteiger charge is 2.15. The maximum atomic E-state index is 10.7. The van der Waals surface area contributed by atoms with E-state index in [4.69, 9.17) is 16.0 Å². The van der Waals surface area contributed by atoms with Gasteiger partial charge in [-0.25, -0.2) is 9.67 Å². The van der Waals surface area contributed by atoms with Gasteiger partial charge in [-0.1, -0.05) is 5.16 Å². The molecular weight excluding hydrogens is 226 g/mol. The first-order valence-electron chi connectivity index (χ1n) is 4.64. The van der Waals surface area contributed by atoms with E-state index in [-0.39, 0.29) is 18.1 Å². The fourth-order valence-corrected chi connectivity index (χ4v) is 1.48. The Balaban J connectivity index is 2.66. The van der Waals surface area contributed by atoms with Crippen LogP contribution in [0.3, 0.4) is 0 Å². The second kappa shape index (κ2) is 4.08. The van der Waals surface area contributed by atoms with Gasteiger partial charge in [-0.15, -0.1) is 0 Å². The molecule has 4 N–H and O–H groups in total. The van der Waals surface area contributed by atoms with Crippen LogP contribution >= 0.6 is 0 Å². The minimum atomic E-state index is -1.05. The van der Waals surface area contributed by atoms with E-state index in [1.165, 1.54) is 10.9 Å². The predicted octanol–water partition coefficient (Wildman–Crippen LogP) is -0.390. The van der Waals surface area contributed by atoms with Crippen LogP contribution in [-0.2, 0) is 11.3 Å². The van der Waals surface area contributed by atoms with E-state index in [0.717, 1.165) is 0 Å². The molecule has 2 aromatic rings. The van der Waals surface area contributed by atoms with Crippen LogP contribution in [-0.4, -0.2) is 36.9 Å². The molecule has 0 aliphatic carbocycles. The Morgan fingerprint density at radius 2 is 2.35 bits per heavy atom. The summed E-state index contributed by atoms with van der Waals surface area (Å²) in [6.45, 7) is -0.341. The van der Waals surface area contributed by atoms with Gasteiger partial charge in [0.25, 0.3) is 0 Å². The molecule has 0 aromatic carbocycles. The third kappa shape index (κ3) is 1.87. The van der Waals surface area contributed by atoms with E-state index in [9.17, 15) is 4.79 Å². The lowest BCUT2D eigenvalue weighted by atomic mass is 10.2. The fourth-order valence-electron chi connectivity index (χ4n) is 1.48. The molecule has 0 unspecified atom stereocenters. The number of rotatable bonds is 3. The zero-order valence-electron chi connectivity index (χ0n) is 8.61. The molecule has 2 heterocycles. The summed E-state index contributed by atoms with van der Waals surface area (Å²) in [5.74, 6) is -1.24. The Kier molecular flexibility index (Phi) is 2.61. The number of aliphatic carboxylic acids is 1. The molecule has 0 radical (unpaired) electrons. The number of hydrogen-bond acceptors (Lipinski definition) is 5. The van der Waals surface area contributed by atoms with Gasteiger partial charge in [0.2, 0.25) is 0 Å². The number of oxime groups is 1. The van der Waals surface area contributed by atoms with Crippen molar-refractivity contribution in [1.82, 2.24) is 14.8 Å². The number of nitrogens with zero attached hydrogens (tertiary/aromatic N) is 4. The van der Waals surface area contributed by atoms with Gasteiger partial charge in [0.1, 0.15) is 12.2 Å². The smallest absolute Gasteiger partial charge is 0.325 e. The second-order valence-corrected chi connectivity index (χ2v) is 3.26. The van der Waals surface area contributed by atoms with E-state index >= 15 is 0 Å². The van der Waals surface area contributed by atoms with Crippen LogP contribution < -0.4 is 5.73 Å². The number of carboxylic acid groups (broad SMARTS) is 1. The summed E-state index contributed by atoms with van der Waals surface area (Å²) in [5.41, 5.74) is 6.03. The molecule has 8 heteroatoms. The standard InChI is InChI=1S/C9H9N5O3/c10-8(13-17)7-5-2-1-3-11-9(5)14(12-7)4-6(15)16/h1-3,17H,4H2,(H2,10,13)(H,15,16). The monoisotopic (exact) mass is 235 g/mol. The lowest BCUT2D eigenvalue weighted by Gasteiger charge is -1.96. The summed E-state index contributed by atoms with van der Waals surface area (Å²) in [4.78, 5) is 14.7. The van der Waals surface area contributed by atoms with Crippen LogP contribution in [0.25, 0.3) is 11.0 Å². The Bertz CT molecular complexity index is 604. The van der Waals surface area contributed by atoms with E-state index in [2.05, 4.69) is 15.2 Å². The van der Waals surface area contributed by atoms with Crippen LogP contribution in [0.5, 0.6) is 0 Å². The first-order valence-corrected chi connectivity index (χ1v) is 4.64. The van der Waals surface area contributed by atoms with Gasteiger partial charge >= 0.3 is 5.97 Å². The average Bonchev–Trinajstić information content (AvgIpc) is 2.67. The number of carbonyl (C=O) groups is 1. The van der Waals surface area contributed by atoms with Crippen molar-refractivity contribution in [2.45, 2.75) is 6.54 Å². The maximum Gasteiger partial charge on any atom is 0.325 e. The SMILES string of the molecule is NC(=NO)c1nn(CC(=O)O)c2ncccc12. The molecular formula is C9H9N5O3. The molecule has 17 heavy (non-hydrogen) atoms. The summed E-state index contributed by atoms with van der Waals surface area (Å²) in [6, 6.07) is 3.32. The number of fused-ring (bicyclic) bond motifs is 1. The zero-order valence-corrected chi connectivity index (χ0v) is 8.61. The first kappa shape index (κ1) is 10.9. The van der Waals surface area contributed by atoms with Crippen molar-refractivity contribution in [3.8, 4) is 0 Å². The lowest BCUT2D eigenvalue weighted by Crippen LogP contribution is -2.16. The van der Waals surface area contributed by atoms with Gasteiger partial charge in [-0.3, -0.25) is 4.79 Å². The minimum Gasteiger partial charge on any atom is -0.480 e. The van der Waals surface area contributed by atoms with Crippen molar-refractivity contribution in [1.29, 1.82) is 0 Å². The molecule has 0 amide bonds. The number of carboxylic acids is 1. The van der Waals surface area contributed by atoms with Gasteiger partial charge in [0.05, 0.1) is 5.39 Å². The molecule has 2 aromatic heterocycles. The van der Waals surface area contributed by atoms with Crippen LogP contribution in [0.2, 0.25) is 0 Å². The Morgan fingerprint density at radius 3 is 3.00 bits per heavy atom. The Hall–Kier alpha value is -2.64. The normalized spacial score (nSPS) is 11.9. The summed E-state index contributed by atoms with van der Waals surface area (Å²) < 4.78 is 1.19. The van der Waals surface area contributed by atoms with Crippen molar-refractivity contribution in [2.75, 3.05) is 0 Å². The molecule has 0 saturated carbocycles. The highest BCUT2D eigenvalue weighted by Crippen LogP contribution is 2.15.